The van der Waals surface area contributed by atoms with Gasteiger partial charge in [0, 0.05) is 19.1 Å². The van der Waals surface area contributed by atoms with Gasteiger partial charge < -0.3 is 19.4 Å². The molecule has 0 spiro atoms. The lowest BCUT2D eigenvalue weighted by atomic mass is 10.1. The number of hydrogen-bond donors (Lipinski definition) is 1. The number of ether oxygens (including phenoxy) is 1. The van der Waals surface area contributed by atoms with E-state index in [4.69, 9.17) is 9.15 Å². The SMILES string of the molecule is CC(C)(C)OC(=O)N1CCCC(NCc2occc2Br)CC1. The zero-order valence-electron chi connectivity index (χ0n) is 13.5. The van der Waals surface area contributed by atoms with Gasteiger partial charge in [-0.15, -0.1) is 0 Å². The Morgan fingerprint density at radius 3 is 2.86 bits per heavy atom. The number of amides is 1. The first-order valence-electron chi connectivity index (χ1n) is 7.78. The number of nitrogens with one attached hydrogen (secondary N) is 1. The van der Waals surface area contributed by atoms with E-state index in [-0.39, 0.29) is 6.09 Å². The maximum atomic E-state index is 12.1. The molecule has 1 amide bonds. The number of nitrogens with zero attached hydrogens (tertiary/aromatic N) is 1. The zero-order valence-corrected chi connectivity index (χ0v) is 15.1. The molecule has 22 heavy (non-hydrogen) atoms. The first-order valence-corrected chi connectivity index (χ1v) is 8.57. The fourth-order valence-corrected chi connectivity index (χ4v) is 2.84. The standard InChI is InChI=1S/C16H25BrN2O3/c1-16(2,3)22-15(20)19-8-4-5-12(6-9-19)18-11-14-13(17)7-10-21-14/h7,10,12,18H,4-6,8-9,11H2,1-3H3. The van der Waals surface area contributed by atoms with Crippen LogP contribution < -0.4 is 5.32 Å². The van der Waals surface area contributed by atoms with Crippen LogP contribution in [0, 0.1) is 0 Å². The van der Waals surface area contributed by atoms with Crippen molar-refractivity contribution in [3.8, 4) is 0 Å². The molecule has 1 aromatic heterocycles. The fraction of sp³-hybridized carbons (Fsp3) is 0.688. The van der Waals surface area contributed by atoms with Gasteiger partial charge in [0.25, 0.3) is 0 Å². The van der Waals surface area contributed by atoms with E-state index < -0.39 is 5.60 Å². The van der Waals surface area contributed by atoms with Gasteiger partial charge >= 0.3 is 6.09 Å². The number of furan rings is 1. The summed E-state index contributed by atoms with van der Waals surface area (Å²) in [6, 6.07) is 2.29. The average molecular weight is 373 g/mol. The van der Waals surface area contributed by atoms with Crippen LogP contribution in [0.3, 0.4) is 0 Å². The van der Waals surface area contributed by atoms with Crippen molar-refractivity contribution in [2.45, 2.75) is 58.2 Å². The van der Waals surface area contributed by atoms with Crippen molar-refractivity contribution in [3.63, 3.8) is 0 Å². The normalized spacial score (nSPS) is 19.8. The van der Waals surface area contributed by atoms with Gasteiger partial charge in [0.2, 0.25) is 0 Å². The maximum Gasteiger partial charge on any atom is 0.410 e. The van der Waals surface area contributed by atoms with Crippen molar-refractivity contribution >= 4 is 22.0 Å². The molecule has 0 bridgehead atoms. The summed E-state index contributed by atoms with van der Waals surface area (Å²) in [5.74, 6) is 0.910. The summed E-state index contributed by atoms with van der Waals surface area (Å²) in [5.41, 5.74) is -0.438. The second-order valence-corrected chi connectivity index (χ2v) is 7.52. The Morgan fingerprint density at radius 1 is 1.45 bits per heavy atom. The van der Waals surface area contributed by atoms with Crippen molar-refractivity contribution in [2.24, 2.45) is 0 Å². The van der Waals surface area contributed by atoms with Gasteiger partial charge in [-0.3, -0.25) is 0 Å². The molecular formula is C16H25BrN2O3. The van der Waals surface area contributed by atoms with Gasteiger partial charge in [-0.2, -0.15) is 0 Å². The van der Waals surface area contributed by atoms with E-state index in [0.717, 1.165) is 42.6 Å². The Labute approximate surface area is 140 Å². The molecule has 124 valence electrons. The highest BCUT2D eigenvalue weighted by Crippen LogP contribution is 2.19. The average Bonchev–Trinajstić information content (AvgIpc) is 2.69. The summed E-state index contributed by atoms with van der Waals surface area (Å²) in [5, 5.41) is 3.51. The predicted molar refractivity (Wildman–Crippen MR) is 88.7 cm³/mol. The highest BCUT2D eigenvalue weighted by molar-refractivity contribution is 9.10. The van der Waals surface area contributed by atoms with Crippen molar-refractivity contribution in [1.29, 1.82) is 0 Å². The van der Waals surface area contributed by atoms with Gasteiger partial charge in [-0.05, 0) is 62.0 Å². The van der Waals surface area contributed by atoms with Gasteiger partial charge in [-0.25, -0.2) is 4.79 Å². The topological polar surface area (TPSA) is 54.7 Å². The van der Waals surface area contributed by atoms with Gasteiger partial charge in [0.05, 0.1) is 17.3 Å². The highest BCUT2D eigenvalue weighted by Gasteiger charge is 2.25. The monoisotopic (exact) mass is 372 g/mol. The van der Waals surface area contributed by atoms with Crippen molar-refractivity contribution in [3.05, 3.63) is 22.6 Å². The molecule has 0 radical (unpaired) electrons. The minimum atomic E-state index is -0.438. The van der Waals surface area contributed by atoms with Crippen LogP contribution in [-0.4, -0.2) is 35.7 Å². The number of likely N-dealkylation sites (tertiary alicyclic amines) is 1. The van der Waals surface area contributed by atoms with Crippen LogP contribution in [-0.2, 0) is 11.3 Å². The fourth-order valence-electron chi connectivity index (χ4n) is 2.50. The summed E-state index contributed by atoms with van der Waals surface area (Å²) in [6.07, 6.45) is 4.44. The van der Waals surface area contributed by atoms with E-state index >= 15 is 0 Å². The Balaban J connectivity index is 1.80. The van der Waals surface area contributed by atoms with E-state index in [9.17, 15) is 4.79 Å². The quantitative estimate of drug-likeness (QED) is 0.873. The van der Waals surface area contributed by atoms with Crippen LogP contribution in [0.1, 0.15) is 45.8 Å². The molecule has 1 fully saturated rings. The first-order chi connectivity index (χ1) is 10.3. The number of hydrogen-bond acceptors (Lipinski definition) is 4. The molecule has 0 aromatic carbocycles. The van der Waals surface area contributed by atoms with Crippen LogP contribution in [0.4, 0.5) is 4.79 Å². The van der Waals surface area contributed by atoms with Gasteiger partial charge in [0.15, 0.2) is 0 Å². The zero-order chi connectivity index (χ0) is 16.2. The molecule has 1 aromatic rings. The highest BCUT2D eigenvalue weighted by atomic mass is 79.9. The minimum Gasteiger partial charge on any atom is -0.467 e. The molecule has 0 saturated carbocycles. The summed E-state index contributed by atoms with van der Waals surface area (Å²) in [7, 11) is 0. The lowest BCUT2D eigenvalue weighted by Gasteiger charge is -2.26. The van der Waals surface area contributed by atoms with Gasteiger partial charge in [-0.1, -0.05) is 0 Å². The second kappa shape index (κ2) is 7.51. The molecule has 2 heterocycles. The third-order valence-electron chi connectivity index (χ3n) is 3.62. The molecule has 2 rings (SSSR count). The summed E-state index contributed by atoms with van der Waals surface area (Å²) in [4.78, 5) is 13.9. The van der Waals surface area contributed by atoms with E-state index in [1.165, 1.54) is 0 Å². The Kier molecular flexibility index (Phi) is 5.92. The Bertz CT molecular complexity index is 496. The van der Waals surface area contributed by atoms with Crippen LogP contribution in [0.2, 0.25) is 0 Å². The lowest BCUT2D eigenvalue weighted by Crippen LogP contribution is -2.38. The molecule has 6 heteroatoms. The lowest BCUT2D eigenvalue weighted by molar-refractivity contribution is 0.0256. The Morgan fingerprint density at radius 2 is 2.23 bits per heavy atom. The van der Waals surface area contributed by atoms with Crippen LogP contribution in [0.15, 0.2) is 21.2 Å². The second-order valence-electron chi connectivity index (χ2n) is 6.67. The number of rotatable bonds is 3. The molecule has 1 N–H and O–H groups in total. The molecule has 5 nitrogen and oxygen atoms in total. The van der Waals surface area contributed by atoms with E-state index in [0.29, 0.717) is 12.6 Å². The predicted octanol–water partition coefficient (Wildman–Crippen LogP) is 3.92. The molecule has 1 atom stereocenters. The third-order valence-corrected chi connectivity index (χ3v) is 4.33. The molecule has 1 aliphatic heterocycles. The van der Waals surface area contributed by atoms with Crippen molar-refractivity contribution < 1.29 is 13.9 Å². The molecule has 1 saturated heterocycles. The first kappa shape index (κ1) is 17.3. The molecule has 1 aliphatic rings. The van der Waals surface area contributed by atoms with Crippen LogP contribution >= 0.6 is 15.9 Å². The summed E-state index contributed by atoms with van der Waals surface area (Å²) in [6.45, 7) is 7.88. The van der Waals surface area contributed by atoms with Crippen LogP contribution in [0.25, 0.3) is 0 Å². The summed E-state index contributed by atoms with van der Waals surface area (Å²) < 4.78 is 11.8. The van der Waals surface area contributed by atoms with E-state index in [1.807, 2.05) is 31.7 Å². The van der Waals surface area contributed by atoms with E-state index in [1.54, 1.807) is 6.26 Å². The van der Waals surface area contributed by atoms with Crippen LogP contribution in [0.5, 0.6) is 0 Å². The Hall–Kier alpha value is -1.01. The number of halogens is 1. The molecule has 0 aliphatic carbocycles. The largest absolute Gasteiger partial charge is 0.467 e. The van der Waals surface area contributed by atoms with Crippen molar-refractivity contribution in [2.75, 3.05) is 13.1 Å². The van der Waals surface area contributed by atoms with Crippen molar-refractivity contribution in [1.82, 2.24) is 10.2 Å². The number of carbonyl (C=O) groups excluding carboxylic acids is 1. The van der Waals surface area contributed by atoms with Gasteiger partial charge in [0.1, 0.15) is 11.4 Å². The molecule has 1 unspecified atom stereocenters. The maximum absolute atomic E-state index is 12.1. The van der Waals surface area contributed by atoms with E-state index in [2.05, 4.69) is 21.2 Å². The minimum absolute atomic E-state index is 0.207. The molecular weight excluding hydrogens is 348 g/mol. The smallest absolute Gasteiger partial charge is 0.410 e. The third kappa shape index (κ3) is 5.32. The number of carbonyl (C=O) groups is 1. The summed E-state index contributed by atoms with van der Waals surface area (Å²) >= 11 is 3.46.